The van der Waals surface area contributed by atoms with Gasteiger partial charge < -0.3 is 19.4 Å². The second-order valence-electron chi connectivity index (χ2n) is 7.92. The molecule has 1 aromatic heterocycles. The fourth-order valence-electron chi connectivity index (χ4n) is 4.34. The van der Waals surface area contributed by atoms with E-state index in [1.165, 1.54) is 5.56 Å². The maximum absolute atomic E-state index is 13.3. The van der Waals surface area contributed by atoms with Crippen molar-refractivity contribution in [1.82, 2.24) is 9.88 Å². The molecular formula is C26H23ClN2O3. The van der Waals surface area contributed by atoms with E-state index in [0.29, 0.717) is 29.6 Å². The molecule has 0 aliphatic carbocycles. The van der Waals surface area contributed by atoms with E-state index in [4.69, 9.17) is 21.1 Å². The molecule has 0 spiro atoms. The number of amides is 1. The molecule has 32 heavy (non-hydrogen) atoms. The van der Waals surface area contributed by atoms with Crippen LogP contribution in [-0.2, 0) is 13.0 Å². The molecule has 1 N–H and O–H groups in total. The molecule has 0 bridgehead atoms. The average Bonchev–Trinajstić information content (AvgIpc) is 3.26. The Morgan fingerprint density at radius 3 is 2.47 bits per heavy atom. The van der Waals surface area contributed by atoms with E-state index in [2.05, 4.69) is 11.1 Å². The Morgan fingerprint density at radius 2 is 1.72 bits per heavy atom. The zero-order chi connectivity index (χ0) is 22.2. The summed E-state index contributed by atoms with van der Waals surface area (Å²) in [6.45, 7) is 1.19. The minimum atomic E-state index is -0.0130. The van der Waals surface area contributed by atoms with Crippen LogP contribution in [0.25, 0.3) is 22.0 Å². The van der Waals surface area contributed by atoms with Crippen LogP contribution in [0.5, 0.6) is 11.5 Å². The first-order chi connectivity index (χ1) is 15.6. The lowest BCUT2D eigenvalue weighted by Gasteiger charge is -2.29. The number of carbonyl (C=O) groups excluding carboxylic acids is 1. The highest BCUT2D eigenvalue weighted by atomic mass is 35.5. The number of H-pyrrole nitrogens is 1. The van der Waals surface area contributed by atoms with Gasteiger partial charge in [0.05, 0.1) is 14.2 Å². The third-order valence-electron chi connectivity index (χ3n) is 6.04. The lowest BCUT2D eigenvalue weighted by Crippen LogP contribution is -2.36. The number of ether oxygens (including phenoxy) is 2. The minimum Gasteiger partial charge on any atom is -0.493 e. The van der Waals surface area contributed by atoms with Gasteiger partial charge in [-0.05, 0) is 59.5 Å². The van der Waals surface area contributed by atoms with Gasteiger partial charge in [0, 0.05) is 34.6 Å². The zero-order valence-electron chi connectivity index (χ0n) is 17.9. The Kier molecular flexibility index (Phi) is 5.27. The van der Waals surface area contributed by atoms with Crippen LogP contribution in [0.2, 0.25) is 5.02 Å². The number of aromatic nitrogens is 1. The van der Waals surface area contributed by atoms with E-state index >= 15 is 0 Å². The topological polar surface area (TPSA) is 54.6 Å². The second kappa shape index (κ2) is 8.24. The van der Waals surface area contributed by atoms with Crippen LogP contribution in [0.4, 0.5) is 0 Å². The Labute approximate surface area is 191 Å². The van der Waals surface area contributed by atoms with E-state index in [1.54, 1.807) is 14.2 Å². The highest BCUT2D eigenvalue weighted by molar-refractivity contribution is 6.33. The molecule has 0 saturated carbocycles. The summed E-state index contributed by atoms with van der Waals surface area (Å²) in [6, 6.07) is 19.7. The van der Waals surface area contributed by atoms with Gasteiger partial charge in [-0.15, -0.1) is 0 Å². The molecule has 5 nitrogen and oxygen atoms in total. The summed E-state index contributed by atoms with van der Waals surface area (Å²) in [6.07, 6.45) is 0.776. The third-order valence-corrected chi connectivity index (χ3v) is 6.37. The number of hydrogen-bond donors (Lipinski definition) is 1. The first-order valence-electron chi connectivity index (χ1n) is 10.5. The van der Waals surface area contributed by atoms with Crippen LogP contribution in [0.15, 0.2) is 60.7 Å². The smallest absolute Gasteiger partial charge is 0.270 e. The lowest BCUT2D eigenvalue weighted by molar-refractivity contribution is 0.0729. The largest absolute Gasteiger partial charge is 0.493 e. The Balaban J connectivity index is 1.42. The molecule has 3 aromatic carbocycles. The normalized spacial score (nSPS) is 13.2. The molecule has 1 amide bonds. The number of rotatable bonds is 4. The summed E-state index contributed by atoms with van der Waals surface area (Å²) in [7, 11) is 3.26. The Bertz CT molecular complexity index is 1330. The summed E-state index contributed by atoms with van der Waals surface area (Å²) in [4.78, 5) is 18.4. The lowest BCUT2D eigenvalue weighted by atomic mass is 9.98. The molecule has 1 aliphatic heterocycles. The van der Waals surface area contributed by atoms with Crippen molar-refractivity contribution in [1.29, 1.82) is 0 Å². The quantitative estimate of drug-likeness (QED) is 0.437. The van der Waals surface area contributed by atoms with Gasteiger partial charge in [0.2, 0.25) is 0 Å². The van der Waals surface area contributed by atoms with Crippen molar-refractivity contribution in [2.24, 2.45) is 0 Å². The number of fused-ring (bicyclic) bond motifs is 2. The standard InChI is InChI=1S/C26H23ClN2O3/c1-31-24-13-16-9-10-29(15-19(16)14-25(24)32-2)26(30)23-12-18-11-17(7-8-22(18)28-23)20-5-3-4-6-21(20)27/h3-8,11-14,28H,9-10,15H2,1-2H3. The van der Waals surface area contributed by atoms with Crippen LogP contribution in [0.1, 0.15) is 21.6 Å². The van der Waals surface area contributed by atoms with Crippen LogP contribution in [0, 0.1) is 0 Å². The maximum Gasteiger partial charge on any atom is 0.270 e. The maximum atomic E-state index is 13.3. The third kappa shape index (κ3) is 3.59. The van der Waals surface area contributed by atoms with Gasteiger partial charge in [-0.1, -0.05) is 35.9 Å². The van der Waals surface area contributed by atoms with Crippen molar-refractivity contribution in [3.05, 3.63) is 82.5 Å². The number of halogens is 1. The Morgan fingerprint density at radius 1 is 0.969 bits per heavy atom. The fraction of sp³-hybridized carbons (Fsp3) is 0.192. The molecule has 2 heterocycles. The van der Waals surface area contributed by atoms with Crippen molar-refractivity contribution in [2.75, 3.05) is 20.8 Å². The number of aromatic amines is 1. The Hall–Kier alpha value is -3.44. The molecule has 162 valence electrons. The number of benzene rings is 3. The van der Waals surface area contributed by atoms with Crippen LogP contribution in [-0.4, -0.2) is 36.6 Å². The van der Waals surface area contributed by atoms with E-state index in [9.17, 15) is 4.79 Å². The molecule has 0 radical (unpaired) electrons. The summed E-state index contributed by atoms with van der Waals surface area (Å²) in [5, 5.41) is 1.69. The van der Waals surface area contributed by atoms with Gasteiger partial charge in [-0.3, -0.25) is 4.79 Å². The fourth-order valence-corrected chi connectivity index (χ4v) is 4.58. The van der Waals surface area contributed by atoms with Crippen LogP contribution >= 0.6 is 11.6 Å². The summed E-state index contributed by atoms with van der Waals surface area (Å²) < 4.78 is 10.8. The molecule has 5 rings (SSSR count). The molecule has 0 fully saturated rings. The van der Waals surface area contributed by atoms with Gasteiger partial charge in [-0.25, -0.2) is 0 Å². The summed E-state index contributed by atoms with van der Waals surface area (Å²) in [5.41, 5.74) is 5.77. The van der Waals surface area contributed by atoms with Gasteiger partial charge in [0.25, 0.3) is 5.91 Å². The molecule has 0 saturated heterocycles. The predicted molar refractivity (Wildman–Crippen MR) is 127 cm³/mol. The monoisotopic (exact) mass is 446 g/mol. The molecule has 0 atom stereocenters. The molecular weight excluding hydrogens is 424 g/mol. The van der Waals surface area contributed by atoms with Gasteiger partial charge >= 0.3 is 0 Å². The second-order valence-corrected chi connectivity index (χ2v) is 8.32. The number of nitrogens with zero attached hydrogens (tertiary/aromatic N) is 1. The van der Waals surface area contributed by atoms with E-state index < -0.39 is 0 Å². The number of carbonyl (C=O) groups is 1. The number of methoxy groups -OCH3 is 2. The molecule has 0 unspecified atom stereocenters. The number of nitrogens with one attached hydrogen (secondary N) is 1. The zero-order valence-corrected chi connectivity index (χ0v) is 18.7. The predicted octanol–water partition coefficient (Wildman–Crippen LogP) is 5.70. The molecule has 6 heteroatoms. The van der Waals surface area contributed by atoms with Crippen molar-refractivity contribution in [2.45, 2.75) is 13.0 Å². The molecule has 1 aliphatic rings. The average molecular weight is 447 g/mol. The summed E-state index contributed by atoms with van der Waals surface area (Å²) in [5.74, 6) is 1.38. The van der Waals surface area contributed by atoms with Crippen LogP contribution in [0.3, 0.4) is 0 Å². The van der Waals surface area contributed by atoms with E-state index in [1.807, 2.05) is 59.5 Å². The highest BCUT2D eigenvalue weighted by Crippen LogP contribution is 2.34. The first-order valence-corrected chi connectivity index (χ1v) is 10.9. The van der Waals surface area contributed by atoms with Gasteiger partial charge in [-0.2, -0.15) is 0 Å². The van der Waals surface area contributed by atoms with E-state index in [0.717, 1.165) is 39.8 Å². The SMILES string of the molecule is COc1cc2c(cc1OC)CN(C(=O)c1cc3cc(-c4ccccc4Cl)ccc3[nH]1)CC2. The van der Waals surface area contributed by atoms with Gasteiger partial charge in [0.1, 0.15) is 5.69 Å². The first kappa shape index (κ1) is 20.5. The van der Waals surface area contributed by atoms with E-state index in [-0.39, 0.29) is 5.91 Å². The van der Waals surface area contributed by atoms with Crippen molar-refractivity contribution < 1.29 is 14.3 Å². The molecule has 4 aromatic rings. The van der Waals surface area contributed by atoms with Crippen LogP contribution < -0.4 is 9.47 Å². The van der Waals surface area contributed by atoms with Crippen molar-refractivity contribution in [3.8, 4) is 22.6 Å². The van der Waals surface area contributed by atoms with Crippen molar-refractivity contribution >= 4 is 28.4 Å². The van der Waals surface area contributed by atoms with Gasteiger partial charge in [0.15, 0.2) is 11.5 Å². The summed E-state index contributed by atoms with van der Waals surface area (Å²) >= 11 is 6.36. The minimum absolute atomic E-state index is 0.0130. The highest BCUT2D eigenvalue weighted by Gasteiger charge is 2.25. The number of hydrogen-bond acceptors (Lipinski definition) is 3. The van der Waals surface area contributed by atoms with Crippen molar-refractivity contribution in [3.63, 3.8) is 0 Å².